The highest BCUT2D eigenvalue weighted by Gasteiger charge is 2.27. The largest absolute Gasteiger partial charge is 0.348 e. The maximum Gasteiger partial charge on any atom is 0.261 e. The summed E-state index contributed by atoms with van der Waals surface area (Å²) in [5, 5.41) is 3.69. The van der Waals surface area contributed by atoms with Crippen LogP contribution in [0.5, 0.6) is 0 Å². The van der Waals surface area contributed by atoms with E-state index in [0.29, 0.717) is 22.7 Å². The molecule has 3 N–H and O–H groups in total. The van der Waals surface area contributed by atoms with Crippen molar-refractivity contribution >= 4 is 27.3 Å². The van der Waals surface area contributed by atoms with Crippen molar-refractivity contribution in [1.82, 2.24) is 5.32 Å². The highest BCUT2D eigenvalue weighted by Crippen LogP contribution is 2.33. The maximum absolute atomic E-state index is 14.0. The van der Waals surface area contributed by atoms with Crippen molar-refractivity contribution < 1.29 is 9.18 Å². The molecule has 1 heterocycles. The first kappa shape index (κ1) is 15.4. The lowest BCUT2D eigenvalue weighted by Crippen LogP contribution is -2.44. The predicted molar refractivity (Wildman–Crippen MR) is 88.8 cm³/mol. The lowest BCUT2D eigenvalue weighted by Gasteiger charge is -2.31. The van der Waals surface area contributed by atoms with Crippen LogP contribution >= 0.6 is 11.3 Å². The molecule has 1 aliphatic carbocycles. The third kappa shape index (κ3) is 2.75. The third-order valence-corrected chi connectivity index (χ3v) is 5.89. The van der Waals surface area contributed by atoms with Crippen molar-refractivity contribution in [3.8, 4) is 0 Å². The fraction of sp³-hybridized carbons (Fsp3) is 0.471. The summed E-state index contributed by atoms with van der Waals surface area (Å²) in [6.07, 6.45) is 4.36. The minimum Gasteiger partial charge on any atom is -0.348 e. The number of thiophene rings is 1. The zero-order valence-corrected chi connectivity index (χ0v) is 13.5. The molecule has 0 radical (unpaired) electrons. The van der Waals surface area contributed by atoms with Gasteiger partial charge in [0.05, 0.1) is 4.88 Å². The summed E-state index contributed by atoms with van der Waals surface area (Å²) < 4.78 is 14.8. The first-order valence-corrected chi connectivity index (χ1v) is 8.62. The van der Waals surface area contributed by atoms with E-state index in [-0.39, 0.29) is 17.8 Å². The Hall–Kier alpha value is -1.46. The van der Waals surface area contributed by atoms with Gasteiger partial charge in [0, 0.05) is 16.1 Å². The van der Waals surface area contributed by atoms with Gasteiger partial charge in [-0.15, -0.1) is 11.3 Å². The molecule has 1 aliphatic rings. The molecule has 3 rings (SSSR count). The van der Waals surface area contributed by atoms with Crippen molar-refractivity contribution in [3.05, 3.63) is 34.5 Å². The summed E-state index contributed by atoms with van der Waals surface area (Å²) in [6.45, 7) is 2.42. The predicted octanol–water partition coefficient (Wildman–Crippen LogP) is 3.60. The minimum absolute atomic E-state index is 0.0940. The van der Waals surface area contributed by atoms with Crippen molar-refractivity contribution in [2.24, 2.45) is 11.7 Å². The number of benzene rings is 1. The topological polar surface area (TPSA) is 55.1 Å². The smallest absolute Gasteiger partial charge is 0.261 e. The lowest BCUT2D eigenvalue weighted by molar-refractivity contribution is 0.0912. The highest BCUT2D eigenvalue weighted by atomic mass is 32.1. The summed E-state index contributed by atoms with van der Waals surface area (Å²) in [6, 6.07) is 5.12. The highest BCUT2D eigenvalue weighted by molar-refractivity contribution is 7.21. The Balaban J connectivity index is 1.86. The number of rotatable bonds is 3. The van der Waals surface area contributed by atoms with Gasteiger partial charge in [-0.05, 0) is 49.9 Å². The van der Waals surface area contributed by atoms with Gasteiger partial charge >= 0.3 is 0 Å². The van der Waals surface area contributed by atoms with Gasteiger partial charge in [0.2, 0.25) is 0 Å². The molecule has 2 aromatic rings. The molecule has 0 aliphatic heterocycles. The molecule has 0 bridgehead atoms. The molecule has 1 saturated carbocycles. The molecular formula is C17H21FN2OS. The third-order valence-electron chi connectivity index (χ3n) is 4.64. The minimum atomic E-state index is -0.261. The quantitative estimate of drug-likeness (QED) is 0.908. The number of hydrogen-bond acceptors (Lipinski definition) is 3. The molecule has 1 amide bonds. The van der Waals surface area contributed by atoms with Gasteiger partial charge in [0.25, 0.3) is 5.91 Å². The summed E-state index contributed by atoms with van der Waals surface area (Å²) >= 11 is 1.36. The van der Waals surface area contributed by atoms with E-state index in [4.69, 9.17) is 5.73 Å². The second-order valence-corrected chi connectivity index (χ2v) is 7.08. The van der Waals surface area contributed by atoms with Crippen LogP contribution in [0.15, 0.2) is 18.2 Å². The van der Waals surface area contributed by atoms with Crippen LogP contribution in [-0.4, -0.2) is 18.5 Å². The van der Waals surface area contributed by atoms with Crippen LogP contribution < -0.4 is 11.1 Å². The van der Waals surface area contributed by atoms with E-state index in [1.165, 1.54) is 23.8 Å². The van der Waals surface area contributed by atoms with Crippen molar-refractivity contribution in [2.45, 2.75) is 38.6 Å². The van der Waals surface area contributed by atoms with Gasteiger partial charge in [-0.2, -0.15) is 0 Å². The van der Waals surface area contributed by atoms with Crippen LogP contribution in [0.4, 0.5) is 4.39 Å². The number of aryl methyl sites for hydroxylation is 1. The number of nitrogens with one attached hydrogen (secondary N) is 1. The van der Waals surface area contributed by atoms with Gasteiger partial charge in [0.1, 0.15) is 5.82 Å². The number of amides is 1. The molecule has 1 aromatic carbocycles. The molecule has 0 saturated heterocycles. The first-order valence-electron chi connectivity index (χ1n) is 7.80. The van der Waals surface area contributed by atoms with Gasteiger partial charge in [0.15, 0.2) is 0 Å². The second-order valence-electron chi connectivity index (χ2n) is 6.03. The standard InChI is InChI=1S/C17H21FN2OS/c1-10-15-12(18)6-4-8-14(15)22-16(10)17(21)20-13-7-3-2-5-11(13)9-19/h4,6,8,11,13H,2-3,5,7,9,19H2,1H3,(H,20,21). The van der Waals surface area contributed by atoms with Crippen LogP contribution in [0.2, 0.25) is 0 Å². The zero-order valence-electron chi connectivity index (χ0n) is 12.7. The molecule has 118 valence electrons. The van der Waals surface area contributed by atoms with Crippen LogP contribution in [0.25, 0.3) is 10.1 Å². The normalized spacial score (nSPS) is 22.0. The summed E-state index contributed by atoms with van der Waals surface area (Å²) in [5.41, 5.74) is 6.55. The Morgan fingerprint density at radius 3 is 2.91 bits per heavy atom. The fourth-order valence-corrected chi connectivity index (χ4v) is 4.51. The first-order chi connectivity index (χ1) is 10.6. The van der Waals surface area contributed by atoms with Gasteiger partial charge in [-0.25, -0.2) is 4.39 Å². The monoisotopic (exact) mass is 320 g/mol. The molecule has 22 heavy (non-hydrogen) atoms. The molecule has 3 nitrogen and oxygen atoms in total. The van der Waals surface area contributed by atoms with E-state index in [0.717, 1.165) is 29.5 Å². The van der Waals surface area contributed by atoms with Gasteiger partial charge in [-0.3, -0.25) is 4.79 Å². The number of nitrogens with two attached hydrogens (primary N) is 1. The average Bonchev–Trinajstić information content (AvgIpc) is 2.86. The van der Waals surface area contributed by atoms with Crippen LogP contribution in [-0.2, 0) is 0 Å². The van der Waals surface area contributed by atoms with Crippen LogP contribution in [0, 0.1) is 18.7 Å². The van der Waals surface area contributed by atoms with Gasteiger partial charge in [-0.1, -0.05) is 18.9 Å². The van der Waals surface area contributed by atoms with E-state index < -0.39 is 0 Å². The molecular weight excluding hydrogens is 299 g/mol. The number of fused-ring (bicyclic) bond motifs is 1. The lowest BCUT2D eigenvalue weighted by atomic mass is 9.84. The fourth-order valence-electron chi connectivity index (χ4n) is 3.38. The Bertz CT molecular complexity index is 697. The summed E-state index contributed by atoms with van der Waals surface area (Å²) in [7, 11) is 0. The Morgan fingerprint density at radius 1 is 1.41 bits per heavy atom. The average molecular weight is 320 g/mol. The number of carbonyl (C=O) groups is 1. The van der Waals surface area contributed by atoms with Crippen molar-refractivity contribution in [3.63, 3.8) is 0 Å². The molecule has 0 spiro atoms. The van der Waals surface area contributed by atoms with Crippen molar-refractivity contribution in [1.29, 1.82) is 0 Å². The molecule has 2 atom stereocenters. The number of carbonyl (C=O) groups excluding carboxylic acids is 1. The van der Waals surface area contributed by atoms with Crippen molar-refractivity contribution in [2.75, 3.05) is 6.54 Å². The van der Waals surface area contributed by atoms with E-state index in [2.05, 4.69) is 5.32 Å². The molecule has 2 unspecified atom stereocenters. The molecule has 1 aromatic heterocycles. The van der Waals surface area contributed by atoms with E-state index >= 15 is 0 Å². The summed E-state index contributed by atoms with van der Waals surface area (Å²) in [4.78, 5) is 13.2. The number of hydrogen-bond donors (Lipinski definition) is 2. The van der Waals surface area contributed by atoms with E-state index in [1.54, 1.807) is 6.07 Å². The van der Waals surface area contributed by atoms with E-state index in [1.807, 2.05) is 13.0 Å². The molecule has 1 fully saturated rings. The van der Waals surface area contributed by atoms with Gasteiger partial charge < -0.3 is 11.1 Å². The Labute approximate surface area is 133 Å². The Kier molecular flexibility index (Phi) is 4.45. The maximum atomic E-state index is 14.0. The van der Waals surface area contributed by atoms with Crippen LogP contribution in [0.3, 0.4) is 0 Å². The van der Waals surface area contributed by atoms with E-state index in [9.17, 15) is 9.18 Å². The Morgan fingerprint density at radius 2 is 2.18 bits per heavy atom. The number of halogens is 1. The second kappa shape index (κ2) is 6.34. The zero-order chi connectivity index (χ0) is 15.7. The summed E-state index contributed by atoms with van der Waals surface area (Å²) in [5.74, 6) is -0.00429. The SMILES string of the molecule is Cc1c(C(=O)NC2CCCCC2CN)sc2cccc(F)c12. The van der Waals surface area contributed by atoms with Crippen LogP contribution in [0.1, 0.15) is 40.9 Å². The molecule has 5 heteroatoms.